The smallest absolute Gasteiger partial charge is 0.191 e. The number of nitrogens with zero attached hydrogens (tertiary/aromatic N) is 2. The van der Waals surface area contributed by atoms with Crippen LogP contribution in [-0.2, 0) is 4.74 Å². The van der Waals surface area contributed by atoms with Gasteiger partial charge in [-0.05, 0) is 16.7 Å². The van der Waals surface area contributed by atoms with Gasteiger partial charge in [0.15, 0.2) is 5.96 Å². The van der Waals surface area contributed by atoms with Gasteiger partial charge in [0.05, 0.1) is 25.7 Å². The first kappa shape index (κ1) is 13.3. The minimum absolute atomic E-state index is 0.0629. The van der Waals surface area contributed by atoms with Crippen LogP contribution in [0.2, 0.25) is 0 Å². The average molecular weight is 293 g/mol. The molecule has 0 amide bonds. The van der Waals surface area contributed by atoms with Crippen LogP contribution in [0.4, 0.5) is 0 Å². The molecule has 0 bridgehead atoms. The van der Waals surface area contributed by atoms with Crippen LogP contribution >= 0.6 is 0 Å². The Morgan fingerprint density at radius 2 is 1.73 bits per heavy atom. The summed E-state index contributed by atoms with van der Waals surface area (Å²) in [6.45, 7) is 2.23. The summed E-state index contributed by atoms with van der Waals surface area (Å²) in [5, 5.41) is 0. The van der Waals surface area contributed by atoms with Crippen LogP contribution in [0.15, 0.2) is 59.6 Å². The standard InChI is InChI=1S/C18H19N3O/c19-18-20-10-16-12-22-17(11-21(16)18)15-8-6-14(7-9-15)13-4-2-1-3-5-13/h1-9,16-17H,10-12H2,(H2,19,20). The Kier molecular flexibility index (Phi) is 3.31. The first-order valence-electron chi connectivity index (χ1n) is 7.65. The van der Waals surface area contributed by atoms with Crippen LogP contribution in [0.1, 0.15) is 11.7 Å². The molecule has 0 aliphatic carbocycles. The molecule has 2 aromatic rings. The van der Waals surface area contributed by atoms with E-state index in [1.165, 1.54) is 16.7 Å². The molecule has 2 aromatic carbocycles. The molecule has 2 aliphatic rings. The van der Waals surface area contributed by atoms with Gasteiger partial charge in [0, 0.05) is 0 Å². The summed E-state index contributed by atoms with van der Waals surface area (Å²) >= 11 is 0. The van der Waals surface area contributed by atoms with Gasteiger partial charge >= 0.3 is 0 Å². The summed E-state index contributed by atoms with van der Waals surface area (Å²) in [5.41, 5.74) is 9.60. The van der Waals surface area contributed by atoms with Crippen molar-refractivity contribution < 1.29 is 4.74 Å². The quantitative estimate of drug-likeness (QED) is 0.925. The van der Waals surface area contributed by atoms with Crippen molar-refractivity contribution in [1.82, 2.24) is 4.90 Å². The van der Waals surface area contributed by atoms with E-state index in [2.05, 4.69) is 58.4 Å². The molecule has 0 radical (unpaired) electrons. The summed E-state index contributed by atoms with van der Waals surface area (Å²) in [5.74, 6) is 0.652. The third-order valence-corrected chi connectivity index (χ3v) is 4.44. The highest BCUT2D eigenvalue weighted by atomic mass is 16.5. The molecule has 22 heavy (non-hydrogen) atoms. The number of rotatable bonds is 2. The summed E-state index contributed by atoms with van der Waals surface area (Å²) in [7, 11) is 0. The highest BCUT2D eigenvalue weighted by Gasteiger charge is 2.34. The summed E-state index contributed by atoms with van der Waals surface area (Å²) < 4.78 is 6.00. The lowest BCUT2D eigenvalue weighted by Gasteiger charge is -2.36. The van der Waals surface area contributed by atoms with Crippen molar-refractivity contribution >= 4 is 5.96 Å². The Morgan fingerprint density at radius 3 is 2.50 bits per heavy atom. The Balaban J connectivity index is 1.53. The average Bonchev–Trinajstić information content (AvgIpc) is 2.96. The predicted octanol–water partition coefficient (Wildman–Crippen LogP) is 2.42. The fraction of sp³-hybridized carbons (Fsp3) is 0.278. The molecule has 4 nitrogen and oxygen atoms in total. The Bertz CT molecular complexity index is 681. The molecule has 2 unspecified atom stereocenters. The zero-order chi connectivity index (χ0) is 14.9. The largest absolute Gasteiger partial charge is 0.370 e. The van der Waals surface area contributed by atoms with E-state index < -0.39 is 0 Å². The topological polar surface area (TPSA) is 50.9 Å². The van der Waals surface area contributed by atoms with Crippen molar-refractivity contribution in [3.8, 4) is 11.1 Å². The van der Waals surface area contributed by atoms with E-state index in [9.17, 15) is 0 Å². The van der Waals surface area contributed by atoms with Crippen LogP contribution in [-0.4, -0.2) is 36.6 Å². The zero-order valence-corrected chi connectivity index (χ0v) is 12.4. The molecule has 2 atom stereocenters. The van der Waals surface area contributed by atoms with Gasteiger partial charge in [-0.2, -0.15) is 0 Å². The van der Waals surface area contributed by atoms with Crippen LogP contribution in [0.5, 0.6) is 0 Å². The minimum Gasteiger partial charge on any atom is -0.370 e. The molecule has 112 valence electrons. The van der Waals surface area contributed by atoms with Gasteiger partial charge in [-0.3, -0.25) is 4.99 Å². The Labute approximate surface area is 130 Å². The molecule has 2 N–H and O–H groups in total. The van der Waals surface area contributed by atoms with E-state index in [0.717, 1.165) is 13.1 Å². The number of benzene rings is 2. The van der Waals surface area contributed by atoms with Crippen LogP contribution < -0.4 is 5.73 Å². The number of fused-ring (bicyclic) bond motifs is 1. The maximum atomic E-state index is 6.00. The fourth-order valence-electron chi connectivity index (χ4n) is 3.14. The molecule has 4 rings (SSSR count). The molecular weight excluding hydrogens is 274 g/mol. The van der Waals surface area contributed by atoms with E-state index >= 15 is 0 Å². The van der Waals surface area contributed by atoms with E-state index in [-0.39, 0.29) is 6.10 Å². The number of nitrogens with two attached hydrogens (primary N) is 1. The summed E-state index contributed by atoms with van der Waals surface area (Å²) in [6.07, 6.45) is 0.0629. The van der Waals surface area contributed by atoms with E-state index in [1.807, 2.05) is 6.07 Å². The Hall–Kier alpha value is -2.33. The maximum absolute atomic E-state index is 6.00. The van der Waals surface area contributed by atoms with Crippen molar-refractivity contribution in [2.75, 3.05) is 19.7 Å². The zero-order valence-electron chi connectivity index (χ0n) is 12.4. The molecular formula is C18H19N3O. The lowest BCUT2D eigenvalue weighted by atomic mass is 10.0. The third kappa shape index (κ3) is 2.35. The molecule has 0 aromatic heterocycles. The van der Waals surface area contributed by atoms with Gasteiger partial charge in [0.25, 0.3) is 0 Å². The SMILES string of the molecule is NC1=NCC2COC(c3ccc(-c4ccccc4)cc3)CN12. The second-order valence-electron chi connectivity index (χ2n) is 5.82. The lowest BCUT2D eigenvalue weighted by Crippen LogP contribution is -2.49. The van der Waals surface area contributed by atoms with Gasteiger partial charge < -0.3 is 15.4 Å². The van der Waals surface area contributed by atoms with Crippen LogP contribution in [0.3, 0.4) is 0 Å². The number of hydrogen-bond acceptors (Lipinski definition) is 4. The van der Waals surface area contributed by atoms with Gasteiger partial charge in [0.2, 0.25) is 0 Å². The Morgan fingerprint density at radius 1 is 1.00 bits per heavy atom. The van der Waals surface area contributed by atoms with Crippen LogP contribution in [0, 0.1) is 0 Å². The highest BCUT2D eigenvalue weighted by molar-refractivity contribution is 5.80. The first-order valence-corrected chi connectivity index (χ1v) is 7.65. The molecule has 1 saturated heterocycles. The molecule has 1 fully saturated rings. The van der Waals surface area contributed by atoms with Crippen molar-refractivity contribution in [2.45, 2.75) is 12.1 Å². The molecule has 0 spiro atoms. The second kappa shape index (κ2) is 5.46. The van der Waals surface area contributed by atoms with Crippen molar-refractivity contribution in [3.63, 3.8) is 0 Å². The van der Waals surface area contributed by atoms with E-state index in [4.69, 9.17) is 10.5 Å². The van der Waals surface area contributed by atoms with E-state index in [0.29, 0.717) is 18.6 Å². The molecule has 4 heteroatoms. The first-order chi connectivity index (χ1) is 10.8. The molecule has 2 aliphatic heterocycles. The summed E-state index contributed by atoms with van der Waals surface area (Å²) in [6, 6.07) is 19.3. The number of aliphatic imine (C=N–C) groups is 1. The van der Waals surface area contributed by atoms with Gasteiger partial charge in [-0.15, -0.1) is 0 Å². The van der Waals surface area contributed by atoms with Gasteiger partial charge in [0.1, 0.15) is 6.10 Å². The third-order valence-electron chi connectivity index (χ3n) is 4.44. The number of morpholine rings is 1. The van der Waals surface area contributed by atoms with Crippen molar-refractivity contribution in [2.24, 2.45) is 10.7 Å². The number of hydrogen-bond donors (Lipinski definition) is 1. The molecule has 2 heterocycles. The molecule has 0 saturated carbocycles. The van der Waals surface area contributed by atoms with E-state index in [1.54, 1.807) is 0 Å². The summed E-state index contributed by atoms with van der Waals surface area (Å²) in [4.78, 5) is 6.47. The highest BCUT2D eigenvalue weighted by Crippen LogP contribution is 2.28. The van der Waals surface area contributed by atoms with Gasteiger partial charge in [-0.25, -0.2) is 0 Å². The lowest BCUT2D eigenvalue weighted by molar-refractivity contribution is -0.0317. The van der Waals surface area contributed by atoms with Crippen molar-refractivity contribution in [1.29, 1.82) is 0 Å². The maximum Gasteiger partial charge on any atom is 0.191 e. The minimum atomic E-state index is 0.0629. The fourth-order valence-corrected chi connectivity index (χ4v) is 3.14. The number of guanidine groups is 1. The van der Waals surface area contributed by atoms with Crippen LogP contribution in [0.25, 0.3) is 11.1 Å². The van der Waals surface area contributed by atoms with Gasteiger partial charge in [-0.1, -0.05) is 54.6 Å². The number of ether oxygens (including phenoxy) is 1. The monoisotopic (exact) mass is 293 g/mol. The normalized spacial score (nSPS) is 24.0. The van der Waals surface area contributed by atoms with Crippen molar-refractivity contribution in [3.05, 3.63) is 60.2 Å². The second-order valence-corrected chi connectivity index (χ2v) is 5.82. The predicted molar refractivity (Wildman–Crippen MR) is 87.6 cm³/mol.